The summed E-state index contributed by atoms with van der Waals surface area (Å²) in [5.41, 5.74) is 2.78. The van der Waals surface area contributed by atoms with Crippen molar-refractivity contribution in [1.29, 1.82) is 0 Å². The molecule has 1 saturated heterocycles. The van der Waals surface area contributed by atoms with E-state index in [1.54, 1.807) is 13.4 Å². The number of rotatable bonds is 3. The molecule has 1 aromatic carbocycles. The van der Waals surface area contributed by atoms with Gasteiger partial charge in [-0.2, -0.15) is 0 Å². The molecule has 0 bridgehead atoms. The van der Waals surface area contributed by atoms with E-state index in [-0.39, 0.29) is 0 Å². The van der Waals surface area contributed by atoms with Gasteiger partial charge in [0.25, 0.3) is 0 Å². The zero-order valence-electron chi connectivity index (χ0n) is 15.6. The normalized spacial score (nSPS) is 17.2. The monoisotopic (exact) mass is 380 g/mol. The first-order valence-electron chi connectivity index (χ1n) is 9.72. The van der Waals surface area contributed by atoms with Crippen LogP contribution in [-0.4, -0.2) is 43.3 Å². The minimum Gasteiger partial charge on any atom is -0.497 e. The van der Waals surface area contributed by atoms with E-state index in [1.165, 1.54) is 52.0 Å². The molecule has 5 nitrogen and oxygen atoms in total. The molecule has 140 valence electrons. The number of hydrogen-bond donors (Lipinski definition) is 0. The van der Waals surface area contributed by atoms with E-state index in [4.69, 9.17) is 9.72 Å². The highest BCUT2D eigenvalue weighted by Crippen LogP contribution is 2.39. The van der Waals surface area contributed by atoms with Crippen molar-refractivity contribution in [3.8, 4) is 5.75 Å². The summed E-state index contributed by atoms with van der Waals surface area (Å²) < 4.78 is 5.27. The third-order valence-corrected chi connectivity index (χ3v) is 6.95. The fourth-order valence-corrected chi connectivity index (χ4v) is 5.51. The van der Waals surface area contributed by atoms with Crippen molar-refractivity contribution in [2.45, 2.75) is 25.7 Å². The maximum atomic E-state index is 5.27. The highest BCUT2D eigenvalue weighted by Gasteiger charge is 2.25. The van der Waals surface area contributed by atoms with Crippen molar-refractivity contribution in [3.63, 3.8) is 0 Å². The van der Waals surface area contributed by atoms with E-state index in [9.17, 15) is 0 Å². The van der Waals surface area contributed by atoms with Crippen molar-refractivity contribution < 1.29 is 4.74 Å². The number of hydrogen-bond acceptors (Lipinski definition) is 6. The van der Waals surface area contributed by atoms with Gasteiger partial charge in [0.05, 0.1) is 12.5 Å². The van der Waals surface area contributed by atoms with Gasteiger partial charge in [0, 0.05) is 36.7 Å². The van der Waals surface area contributed by atoms with E-state index in [0.717, 1.165) is 37.7 Å². The van der Waals surface area contributed by atoms with E-state index < -0.39 is 0 Å². The molecule has 0 unspecified atom stereocenters. The lowest BCUT2D eigenvalue weighted by atomic mass is 9.97. The van der Waals surface area contributed by atoms with Crippen molar-refractivity contribution in [3.05, 3.63) is 41.0 Å². The Morgan fingerprint density at radius 2 is 1.67 bits per heavy atom. The molecule has 1 aliphatic heterocycles. The molecule has 0 N–H and O–H groups in total. The molecule has 0 amide bonds. The highest BCUT2D eigenvalue weighted by molar-refractivity contribution is 7.19. The number of aromatic nitrogens is 2. The number of ether oxygens (including phenoxy) is 1. The molecular formula is C21H24N4OS. The summed E-state index contributed by atoms with van der Waals surface area (Å²) in [6.07, 6.45) is 6.74. The van der Waals surface area contributed by atoms with Crippen LogP contribution in [0.2, 0.25) is 0 Å². The van der Waals surface area contributed by atoms with Gasteiger partial charge in [-0.05, 0) is 55.5 Å². The molecule has 27 heavy (non-hydrogen) atoms. The molecule has 0 spiro atoms. The summed E-state index contributed by atoms with van der Waals surface area (Å²) in [5, 5.41) is 1.33. The zero-order valence-corrected chi connectivity index (χ0v) is 16.5. The summed E-state index contributed by atoms with van der Waals surface area (Å²) >= 11 is 1.88. The predicted octanol–water partition coefficient (Wildman–Crippen LogP) is 3.91. The SMILES string of the molecule is COc1ccc(N2CCN(c3ncnc4sc5c(c34)CCCC5)CC2)cc1. The molecule has 0 radical (unpaired) electrons. The number of aryl methyl sites for hydroxylation is 2. The second kappa shape index (κ2) is 7.00. The molecule has 2 aromatic heterocycles. The van der Waals surface area contributed by atoms with E-state index in [0.29, 0.717) is 0 Å². The van der Waals surface area contributed by atoms with Crippen molar-refractivity contribution in [2.75, 3.05) is 43.1 Å². The van der Waals surface area contributed by atoms with Crippen LogP contribution in [0.4, 0.5) is 11.5 Å². The molecule has 1 fully saturated rings. The Bertz CT molecular complexity index is 945. The van der Waals surface area contributed by atoms with Crippen LogP contribution in [0.3, 0.4) is 0 Å². The molecule has 3 aromatic rings. The van der Waals surface area contributed by atoms with Gasteiger partial charge in [-0.15, -0.1) is 11.3 Å². The largest absolute Gasteiger partial charge is 0.497 e. The van der Waals surface area contributed by atoms with E-state index in [2.05, 4.69) is 26.9 Å². The molecule has 2 aliphatic rings. The lowest BCUT2D eigenvalue weighted by Gasteiger charge is -2.37. The van der Waals surface area contributed by atoms with Gasteiger partial charge in [-0.3, -0.25) is 0 Å². The van der Waals surface area contributed by atoms with Crippen LogP contribution in [-0.2, 0) is 12.8 Å². The van der Waals surface area contributed by atoms with E-state index >= 15 is 0 Å². The van der Waals surface area contributed by atoms with Crippen LogP contribution in [0.25, 0.3) is 10.2 Å². The second-order valence-corrected chi connectivity index (χ2v) is 8.34. The number of benzene rings is 1. The Kier molecular flexibility index (Phi) is 4.36. The smallest absolute Gasteiger partial charge is 0.141 e. The van der Waals surface area contributed by atoms with Gasteiger partial charge in [-0.1, -0.05) is 0 Å². The lowest BCUT2D eigenvalue weighted by molar-refractivity contribution is 0.415. The molecular weight excluding hydrogens is 356 g/mol. The van der Waals surface area contributed by atoms with Crippen molar-refractivity contribution in [2.24, 2.45) is 0 Å². The van der Waals surface area contributed by atoms with Crippen molar-refractivity contribution in [1.82, 2.24) is 9.97 Å². The Balaban J connectivity index is 1.38. The Labute approximate surface area is 163 Å². The average Bonchev–Trinajstić information content (AvgIpc) is 3.13. The first kappa shape index (κ1) is 16.8. The number of thiophene rings is 1. The summed E-state index contributed by atoms with van der Waals surface area (Å²) in [5.74, 6) is 2.05. The zero-order chi connectivity index (χ0) is 18.2. The van der Waals surface area contributed by atoms with E-state index in [1.807, 2.05) is 23.5 Å². The standard InChI is InChI=1S/C21H24N4OS/c1-26-16-8-6-15(7-9-16)24-10-12-25(13-11-24)20-19-17-4-2-3-5-18(17)27-21(19)23-14-22-20/h6-9,14H,2-5,10-13H2,1H3. The fourth-order valence-electron chi connectivity index (χ4n) is 4.28. The third-order valence-electron chi connectivity index (χ3n) is 5.75. The molecule has 1 aliphatic carbocycles. The molecule has 5 rings (SSSR count). The van der Waals surface area contributed by atoms with Crippen LogP contribution < -0.4 is 14.5 Å². The third kappa shape index (κ3) is 3.02. The maximum absolute atomic E-state index is 5.27. The van der Waals surface area contributed by atoms with Gasteiger partial charge >= 0.3 is 0 Å². The summed E-state index contributed by atoms with van der Waals surface area (Å²) in [4.78, 5) is 16.9. The summed E-state index contributed by atoms with van der Waals surface area (Å²) in [6.45, 7) is 3.99. The first-order chi connectivity index (χ1) is 13.3. The summed E-state index contributed by atoms with van der Waals surface area (Å²) in [7, 11) is 1.71. The summed E-state index contributed by atoms with van der Waals surface area (Å²) in [6, 6.07) is 8.36. The molecule has 0 saturated carbocycles. The number of fused-ring (bicyclic) bond motifs is 3. The van der Waals surface area contributed by atoms with Crippen LogP contribution in [0.1, 0.15) is 23.3 Å². The Hall–Kier alpha value is -2.34. The Morgan fingerprint density at radius 3 is 2.44 bits per heavy atom. The molecule has 6 heteroatoms. The van der Waals surface area contributed by atoms with Crippen molar-refractivity contribution >= 4 is 33.1 Å². The Morgan fingerprint density at radius 1 is 0.926 bits per heavy atom. The van der Waals surface area contributed by atoms with Gasteiger partial charge in [-0.25, -0.2) is 9.97 Å². The van der Waals surface area contributed by atoms with Gasteiger partial charge in [0.1, 0.15) is 22.7 Å². The first-order valence-corrected chi connectivity index (χ1v) is 10.5. The second-order valence-electron chi connectivity index (χ2n) is 7.26. The maximum Gasteiger partial charge on any atom is 0.141 e. The average molecular weight is 381 g/mol. The lowest BCUT2D eigenvalue weighted by Crippen LogP contribution is -2.47. The van der Waals surface area contributed by atoms with Gasteiger partial charge in [0.2, 0.25) is 0 Å². The molecule has 3 heterocycles. The van der Waals surface area contributed by atoms with Gasteiger partial charge in [0.15, 0.2) is 0 Å². The molecule has 0 atom stereocenters. The van der Waals surface area contributed by atoms with Crippen LogP contribution >= 0.6 is 11.3 Å². The quantitative estimate of drug-likeness (QED) is 0.689. The minimum atomic E-state index is 0.906. The number of nitrogens with zero attached hydrogens (tertiary/aromatic N) is 4. The topological polar surface area (TPSA) is 41.5 Å². The number of anilines is 2. The highest BCUT2D eigenvalue weighted by atomic mass is 32.1. The van der Waals surface area contributed by atoms with Gasteiger partial charge < -0.3 is 14.5 Å². The number of piperazine rings is 1. The fraction of sp³-hybridized carbons (Fsp3) is 0.429. The van der Waals surface area contributed by atoms with Crippen LogP contribution in [0, 0.1) is 0 Å². The van der Waals surface area contributed by atoms with Crippen LogP contribution in [0.5, 0.6) is 5.75 Å². The minimum absolute atomic E-state index is 0.906. The predicted molar refractivity (Wildman–Crippen MR) is 111 cm³/mol. The number of methoxy groups -OCH3 is 1. The van der Waals surface area contributed by atoms with Crippen LogP contribution in [0.15, 0.2) is 30.6 Å².